The molecule has 0 atom stereocenters. The molecular weight excluding hydrogens is 382 g/mol. The Labute approximate surface area is 175 Å². The van der Waals surface area contributed by atoms with Gasteiger partial charge in [0.25, 0.3) is 5.91 Å². The first kappa shape index (κ1) is 21.1. The molecule has 0 saturated carbocycles. The molecular formula is C23H25N3O4. The van der Waals surface area contributed by atoms with Crippen molar-refractivity contribution in [3.63, 3.8) is 0 Å². The molecule has 30 heavy (non-hydrogen) atoms. The third-order valence-electron chi connectivity index (χ3n) is 4.62. The summed E-state index contributed by atoms with van der Waals surface area (Å²) in [6, 6.07) is 14.6. The minimum absolute atomic E-state index is 0.0822. The van der Waals surface area contributed by atoms with Gasteiger partial charge in [-0.1, -0.05) is 25.1 Å². The lowest BCUT2D eigenvalue weighted by Gasteiger charge is -2.12. The summed E-state index contributed by atoms with van der Waals surface area (Å²) >= 11 is 0. The van der Waals surface area contributed by atoms with Crippen LogP contribution >= 0.6 is 0 Å². The predicted octanol–water partition coefficient (Wildman–Crippen LogP) is 3.18. The van der Waals surface area contributed by atoms with E-state index in [0.29, 0.717) is 40.2 Å². The van der Waals surface area contributed by atoms with Gasteiger partial charge in [-0.2, -0.15) is 0 Å². The number of carbonyl (C=O) groups is 2. The van der Waals surface area contributed by atoms with Crippen molar-refractivity contribution >= 4 is 22.7 Å². The molecule has 0 bridgehead atoms. The fraction of sp³-hybridized carbons (Fsp3) is 0.261. The number of pyridine rings is 1. The highest BCUT2D eigenvalue weighted by Gasteiger charge is 2.16. The number of nitrogens with one attached hydrogen (secondary N) is 2. The Hall–Kier alpha value is -3.61. The van der Waals surface area contributed by atoms with Gasteiger partial charge in [-0.15, -0.1) is 0 Å². The topological polar surface area (TPSA) is 89.6 Å². The van der Waals surface area contributed by atoms with Gasteiger partial charge in [0.15, 0.2) is 11.5 Å². The summed E-state index contributed by atoms with van der Waals surface area (Å²) in [5.41, 5.74) is 2.54. The minimum atomic E-state index is -0.332. The van der Waals surface area contributed by atoms with Crippen LogP contribution in [0.25, 0.3) is 22.2 Å². The quantitative estimate of drug-likeness (QED) is 0.599. The molecule has 156 valence electrons. The number of carbonyl (C=O) groups excluding carboxylic acids is 2. The van der Waals surface area contributed by atoms with Gasteiger partial charge in [0.05, 0.1) is 37.5 Å². The first-order chi connectivity index (χ1) is 14.6. The third kappa shape index (κ3) is 4.68. The monoisotopic (exact) mass is 407 g/mol. The molecule has 0 saturated heterocycles. The molecule has 7 heteroatoms. The smallest absolute Gasteiger partial charge is 0.252 e. The highest BCUT2D eigenvalue weighted by molar-refractivity contribution is 6.08. The van der Waals surface area contributed by atoms with Crippen LogP contribution in [0, 0.1) is 0 Å². The van der Waals surface area contributed by atoms with Crippen molar-refractivity contribution in [2.24, 2.45) is 0 Å². The third-order valence-corrected chi connectivity index (χ3v) is 4.62. The summed E-state index contributed by atoms with van der Waals surface area (Å²) in [7, 11) is 3.14. The van der Waals surface area contributed by atoms with Crippen LogP contribution in [0.2, 0.25) is 0 Å². The Morgan fingerprint density at radius 2 is 1.73 bits per heavy atom. The van der Waals surface area contributed by atoms with Crippen molar-refractivity contribution in [1.82, 2.24) is 15.6 Å². The van der Waals surface area contributed by atoms with Crippen molar-refractivity contribution < 1.29 is 19.1 Å². The lowest BCUT2D eigenvalue weighted by atomic mass is 10.0. The van der Waals surface area contributed by atoms with Gasteiger partial charge < -0.3 is 20.1 Å². The minimum Gasteiger partial charge on any atom is -0.493 e. The Morgan fingerprint density at radius 1 is 0.967 bits per heavy atom. The Kier molecular flexibility index (Phi) is 6.85. The number of fused-ring (bicyclic) bond motifs is 1. The molecule has 0 aliphatic carbocycles. The lowest BCUT2D eigenvalue weighted by Crippen LogP contribution is -2.37. The van der Waals surface area contributed by atoms with E-state index < -0.39 is 0 Å². The maximum Gasteiger partial charge on any atom is 0.252 e. The first-order valence-corrected chi connectivity index (χ1v) is 9.74. The van der Waals surface area contributed by atoms with Crippen LogP contribution in [0.5, 0.6) is 11.5 Å². The maximum absolute atomic E-state index is 12.9. The number of para-hydroxylation sites is 1. The molecule has 1 heterocycles. The zero-order valence-electron chi connectivity index (χ0n) is 17.3. The SMILES string of the molecule is CCCNC(=O)CNC(=O)c1cc(-c2ccc(OC)c(OC)c2)nc2ccccc12. The molecule has 0 unspecified atom stereocenters. The molecule has 0 aliphatic heterocycles. The molecule has 0 aliphatic rings. The van der Waals surface area contributed by atoms with Gasteiger partial charge in [0.2, 0.25) is 5.91 Å². The van der Waals surface area contributed by atoms with E-state index in [4.69, 9.17) is 14.5 Å². The lowest BCUT2D eigenvalue weighted by molar-refractivity contribution is -0.120. The number of hydrogen-bond acceptors (Lipinski definition) is 5. The Morgan fingerprint density at radius 3 is 2.47 bits per heavy atom. The van der Waals surface area contributed by atoms with Gasteiger partial charge in [-0.3, -0.25) is 9.59 Å². The molecule has 2 aromatic carbocycles. The molecule has 0 spiro atoms. The second-order valence-electron chi connectivity index (χ2n) is 6.67. The molecule has 0 radical (unpaired) electrons. The Balaban J connectivity index is 1.97. The summed E-state index contributed by atoms with van der Waals surface area (Å²) < 4.78 is 10.7. The normalized spacial score (nSPS) is 10.5. The van der Waals surface area contributed by atoms with E-state index in [2.05, 4.69) is 10.6 Å². The number of benzene rings is 2. The summed E-state index contributed by atoms with van der Waals surface area (Å²) in [5.74, 6) is 0.632. The fourth-order valence-electron chi connectivity index (χ4n) is 3.09. The number of methoxy groups -OCH3 is 2. The van der Waals surface area contributed by atoms with Crippen LogP contribution < -0.4 is 20.1 Å². The van der Waals surface area contributed by atoms with Gasteiger partial charge in [0.1, 0.15) is 0 Å². The summed E-state index contributed by atoms with van der Waals surface area (Å²) in [4.78, 5) is 29.4. The standard InChI is InChI=1S/C23H25N3O4/c1-4-11-24-22(27)14-25-23(28)17-13-19(26-18-8-6-5-7-16(17)18)15-9-10-20(29-2)21(12-15)30-3/h5-10,12-13H,4,11,14H2,1-3H3,(H,24,27)(H,25,28). The number of aromatic nitrogens is 1. The van der Waals surface area contributed by atoms with Crippen molar-refractivity contribution in [2.45, 2.75) is 13.3 Å². The van der Waals surface area contributed by atoms with E-state index in [1.807, 2.05) is 43.3 Å². The van der Waals surface area contributed by atoms with Crippen molar-refractivity contribution in [1.29, 1.82) is 0 Å². The zero-order valence-corrected chi connectivity index (χ0v) is 17.3. The van der Waals surface area contributed by atoms with E-state index in [-0.39, 0.29) is 18.4 Å². The molecule has 2 amide bonds. The molecule has 3 aromatic rings. The summed E-state index contributed by atoms with van der Waals surface area (Å²) in [6.45, 7) is 2.47. The fourth-order valence-corrected chi connectivity index (χ4v) is 3.09. The number of ether oxygens (including phenoxy) is 2. The number of nitrogens with zero attached hydrogens (tertiary/aromatic N) is 1. The predicted molar refractivity (Wildman–Crippen MR) is 116 cm³/mol. The van der Waals surface area contributed by atoms with E-state index in [1.165, 1.54) is 0 Å². The molecule has 1 aromatic heterocycles. The number of amides is 2. The van der Waals surface area contributed by atoms with Gasteiger partial charge in [0, 0.05) is 17.5 Å². The average Bonchev–Trinajstić information content (AvgIpc) is 2.79. The van der Waals surface area contributed by atoms with Gasteiger partial charge in [-0.25, -0.2) is 4.98 Å². The van der Waals surface area contributed by atoms with Crippen LogP contribution in [0.15, 0.2) is 48.5 Å². The highest BCUT2D eigenvalue weighted by atomic mass is 16.5. The van der Waals surface area contributed by atoms with Crippen LogP contribution in [-0.4, -0.2) is 44.1 Å². The second kappa shape index (κ2) is 9.73. The van der Waals surface area contributed by atoms with E-state index >= 15 is 0 Å². The van der Waals surface area contributed by atoms with Crippen LogP contribution in [0.4, 0.5) is 0 Å². The van der Waals surface area contributed by atoms with Crippen molar-refractivity contribution in [3.05, 3.63) is 54.1 Å². The second-order valence-corrected chi connectivity index (χ2v) is 6.67. The van der Waals surface area contributed by atoms with Crippen molar-refractivity contribution in [2.75, 3.05) is 27.3 Å². The van der Waals surface area contributed by atoms with Crippen LogP contribution in [-0.2, 0) is 4.79 Å². The summed E-state index contributed by atoms with van der Waals surface area (Å²) in [5, 5.41) is 6.16. The Bertz CT molecular complexity index is 1070. The maximum atomic E-state index is 12.9. The summed E-state index contributed by atoms with van der Waals surface area (Å²) in [6.07, 6.45) is 0.837. The average molecular weight is 407 g/mol. The molecule has 7 nitrogen and oxygen atoms in total. The molecule has 0 fully saturated rings. The van der Waals surface area contributed by atoms with Crippen LogP contribution in [0.1, 0.15) is 23.7 Å². The van der Waals surface area contributed by atoms with Gasteiger partial charge in [-0.05, 0) is 36.8 Å². The van der Waals surface area contributed by atoms with E-state index in [1.54, 1.807) is 26.4 Å². The number of hydrogen-bond donors (Lipinski definition) is 2. The molecule has 3 rings (SSSR count). The number of rotatable bonds is 8. The van der Waals surface area contributed by atoms with Crippen LogP contribution in [0.3, 0.4) is 0 Å². The van der Waals surface area contributed by atoms with E-state index in [9.17, 15) is 9.59 Å². The zero-order chi connectivity index (χ0) is 21.5. The first-order valence-electron chi connectivity index (χ1n) is 9.74. The molecule has 2 N–H and O–H groups in total. The van der Waals surface area contributed by atoms with Crippen molar-refractivity contribution in [3.8, 4) is 22.8 Å². The highest BCUT2D eigenvalue weighted by Crippen LogP contribution is 2.33. The van der Waals surface area contributed by atoms with E-state index in [0.717, 1.165) is 12.0 Å². The van der Waals surface area contributed by atoms with Gasteiger partial charge >= 0.3 is 0 Å². The largest absolute Gasteiger partial charge is 0.493 e.